The zero-order valence-corrected chi connectivity index (χ0v) is 9.45. The Morgan fingerprint density at radius 2 is 2.00 bits per heavy atom. The Bertz CT molecular complexity index is 202. The summed E-state index contributed by atoms with van der Waals surface area (Å²) in [6.45, 7) is 2.13. The number of hydrogen-bond acceptors (Lipinski definition) is 6. The number of nitrogens with two attached hydrogens (primary N) is 1. The summed E-state index contributed by atoms with van der Waals surface area (Å²) in [5.74, 6) is 0. The Morgan fingerprint density at radius 1 is 1.31 bits per heavy atom. The predicted octanol–water partition coefficient (Wildman–Crippen LogP) is -1.43. The molecule has 96 valence electrons. The van der Waals surface area contributed by atoms with Crippen molar-refractivity contribution in [2.24, 2.45) is 5.73 Å². The number of unbranched alkanes of at least 4 members (excludes halogenated alkanes) is 1. The maximum Gasteiger partial charge on any atom is 0.175 e. The van der Waals surface area contributed by atoms with Crippen LogP contribution in [0.5, 0.6) is 0 Å². The normalized spacial score (nSPS) is 39.9. The molecule has 1 fully saturated rings. The van der Waals surface area contributed by atoms with Crippen LogP contribution in [0.15, 0.2) is 0 Å². The summed E-state index contributed by atoms with van der Waals surface area (Å²) in [4.78, 5) is 0. The van der Waals surface area contributed by atoms with Crippen LogP contribution in [0, 0.1) is 0 Å². The zero-order valence-electron chi connectivity index (χ0n) is 9.45. The summed E-state index contributed by atoms with van der Waals surface area (Å²) >= 11 is 0. The lowest BCUT2D eigenvalue weighted by Gasteiger charge is -2.40. The molecule has 1 rings (SSSR count). The molecule has 0 amide bonds. The largest absolute Gasteiger partial charge is 0.394 e. The molecule has 1 aliphatic rings. The van der Waals surface area contributed by atoms with Gasteiger partial charge in [-0.1, -0.05) is 13.3 Å². The molecule has 0 aliphatic carbocycles. The van der Waals surface area contributed by atoms with E-state index in [1.165, 1.54) is 0 Å². The molecule has 0 radical (unpaired) electrons. The lowest BCUT2D eigenvalue weighted by molar-refractivity contribution is -0.265. The average molecular weight is 235 g/mol. The van der Waals surface area contributed by atoms with E-state index in [2.05, 4.69) is 0 Å². The number of hydrogen-bond donors (Lipinski definition) is 4. The maximum atomic E-state index is 9.63. The summed E-state index contributed by atoms with van der Waals surface area (Å²) in [5.41, 5.74) is 5.67. The van der Waals surface area contributed by atoms with Crippen molar-refractivity contribution in [3.8, 4) is 0 Å². The highest BCUT2D eigenvalue weighted by molar-refractivity contribution is 4.91. The fourth-order valence-electron chi connectivity index (χ4n) is 1.60. The van der Waals surface area contributed by atoms with Gasteiger partial charge in [0.25, 0.3) is 0 Å². The quantitative estimate of drug-likeness (QED) is 0.435. The van der Waals surface area contributed by atoms with Gasteiger partial charge in [0.05, 0.1) is 12.6 Å². The van der Waals surface area contributed by atoms with E-state index in [0.717, 1.165) is 12.8 Å². The molecule has 1 heterocycles. The van der Waals surface area contributed by atoms with Gasteiger partial charge in [-0.05, 0) is 6.42 Å². The van der Waals surface area contributed by atoms with E-state index in [-0.39, 0.29) is 6.61 Å². The van der Waals surface area contributed by atoms with Crippen LogP contribution in [-0.2, 0) is 9.47 Å². The van der Waals surface area contributed by atoms with Gasteiger partial charge in [0, 0.05) is 6.61 Å². The molecule has 16 heavy (non-hydrogen) atoms. The third-order valence-corrected chi connectivity index (χ3v) is 2.71. The third-order valence-electron chi connectivity index (χ3n) is 2.71. The summed E-state index contributed by atoms with van der Waals surface area (Å²) in [6, 6.07) is -0.797. The van der Waals surface area contributed by atoms with Crippen molar-refractivity contribution in [2.45, 2.75) is 50.4 Å². The van der Waals surface area contributed by atoms with E-state index >= 15 is 0 Å². The molecule has 5 unspecified atom stereocenters. The van der Waals surface area contributed by atoms with Gasteiger partial charge in [0.15, 0.2) is 6.29 Å². The van der Waals surface area contributed by atoms with Crippen LogP contribution >= 0.6 is 0 Å². The number of aliphatic hydroxyl groups is 3. The second-order valence-electron chi connectivity index (χ2n) is 4.01. The van der Waals surface area contributed by atoms with Crippen molar-refractivity contribution in [1.29, 1.82) is 0 Å². The molecule has 0 aromatic carbocycles. The minimum Gasteiger partial charge on any atom is -0.394 e. The van der Waals surface area contributed by atoms with E-state index in [0.29, 0.717) is 6.61 Å². The molecule has 6 nitrogen and oxygen atoms in total. The van der Waals surface area contributed by atoms with E-state index in [4.69, 9.17) is 20.3 Å². The Kier molecular flexibility index (Phi) is 5.60. The van der Waals surface area contributed by atoms with Gasteiger partial charge < -0.3 is 30.5 Å². The zero-order chi connectivity index (χ0) is 12.1. The highest BCUT2D eigenvalue weighted by Gasteiger charge is 2.42. The molecule has 6 heteroatoms. The molecule has 0 bridgehead atoms. The van der Waals surface area contributed by atoms with Crippen molar-refractivity contribution >= 4 is 0 Å². The minimum atomic E-state index is -1.17. The van der Waals surface area contributed by atoms with E-state index in [1.54, 1.807) is 0 Å². The van der Waals surface area contributed by atoms with Crippen molar-refractivity contribution < 1.29 is 24.8 Å². The first-order chi connectivity index (χ1) is 7.61. The first-order valence-electron chi connectivity index (χ1n) is 5.61. The van der Waals surface area contributed by atoms with Crippen molar-refractivity contribution in [3.05, 3.63) is 0 Å². The summed E-state index contributed by atoms with van der Waals surface area (Å²) in [5, 5.41) is 28.1. The summed E-state index contributed by atoms with van der Waals surface area (Å²) in [7, 11) is 0. The first-order valence-corrected chi connectivity index (χ1v) is 5.61. The lowest BCUT2D eigenvalue weighted by Crippen LogP contribution is -2.62. The SMILES string of the molecule is CCCCOC1OC(CO)C(O)C(O)C1N. The minimum absolute atomic E-state index is 0.376. The second-order valence-corrected chi connectivity index (χ2v) is 4.01. The lowest BCUT2D eigenvalue weighted by atomic mass is 9.98. The Morgan fingerprint density at radius 3 is 2.56 bits per heavy atom. The fraction of sp³-hybridized carbons (Fsp3) is 1.00. The first kappa shape index (κ1) is 13.8. The number of rotatable bonds is 5. The smallest absolute Gasteiger partial charge is 0.175 e. The number of aliphatic hydroxyl groups excluding tert-OH is 3. The van der Waals surface area contributed by atoms with E-state index in [9.17, 15) is 10.2 Å². The van der Waals surface area contributed by atoms with Gasteiger partial charge >= 0.3 is 0 Å². The van der Waals surface area contributed by atoms with Crippen LogP contribution < -0.4 is 5.73 Å². The van der Waals surface area contributed by atoms with Crippen molar-refractivity contribution in [3.63, 3.8) is 0 Å². The molecule has 1 aliphatic heterocycles. The van der Waals surface area contributed by atoms with Gasteiger partial charge in [-0.15, -0.1) is 0 Å². The van der Waals surface area contributed by atoms with Crippen LogP contribution in [0.25, 0.3) is 0 Å². The van der Waals surface area contributed by atoms with Gasteiger partial charge in [-0.2, -0.15) is 0 Å². The van der Waals surface area contributed by atoms with Crippen LogP contribution in [0.1, 0.15) is 19.8 Å². The van der Waals surface area contributed by atoms with Crippen molar-refractivity contribution in [2.75, 3.05) is 13.2 Å². The Hall–Kier alpha value is -0.240. The van der Waals surface area contributed by atoms with Crippen molar-refractivity contribution in [1.82, 2.24) is 0 Å². The molecule has 0 aromatic heterocycles. The van der Waals surface area contributed by atoms with Crippen LogP contribution in [0.4, 0.5) is 0 Å². The molecule has 5 N–H and O–H groups in total. The number of ether oxygens (including phenoxy) is 2. The molecular weight excluding hydrogens is 214 g/mol. The highest BCUT2D eigenvalue weighted by atomic mass is 16.7. The standard InChI is InChI=1S/C10H21NO5/c1-2-3-4-15-10-7(11)9(14)8(13)6(5-12)16-10/h6-10,12-14H,2-5,11H2,1H3. The second kappa shape index (κ2) is 6.48. The molecular formula is C10H21NO5. The van der Waals surface area contributed by atoms with E-state index in [1.807, 2.05) is 6.92 Å². The monoisotopic (exact) mass is 235 g/mol. The molecule has 5 atom stereocenters. The van der Waals surface area contributed by atoms with Gasteiger partial charge in [0.2, 0.25) is 0 Å². The van der Waals surface area contributed by atoms with Gasteiger partial charge in [0.1, 0.15) is 18.3 Å². The summed E-state index contributed by atoms with van der Waals surface area (Å²) < 4.78 is 10.6. The summed E-state index contributed by atoms with van der Waals surface area (Å²) in [6.07, 6.45) is -2.09. The third kappa shape index (κ3) is 3.13. The topological polar surface area (TPSA) is 105 Å². The Labute approximate surface area is 95.0 Å². The van der Waals surface area contributed by atoms with Crippen LogP contribution in [0.2, 0.25) is 0 Å². The van der Waals surface area contributed by atoms with Gasteiger partial charge in [-0.25, -0.2) is 0 Å². The van der Waals surface area contributed by atoms with Crippen LogP contribution in [0.3, 0.4) is 0 Å². The van der Waals surface area contributed by atoms with Crippen LogP contribution in [-0.4, -0.2) is 59.2 Å². The predicted molar refractivity (Wildman–Crippen MR) is 56.6 cm³/mol. The Balaban J connectivity index is 2.50. The highest BCUT2D eigenvalue weighted by Crippen LogP contribution is 2.20. The fourth-order valence-corrected chi connectivity index (χ4v) is 1.60. The molecule has 1 saturated heterocycles. The van der Waals surface area contributed by atoms with Gasteiger partial charge in [-0.3, -0.25) is 0 Å². The molecule has 0 saturated carbocycles. The molecule has 0 aromatic rings. The molecule has 0 spiro atoms. The average Bonchev–Trinajstić information content (AvgIpc) is 2.29. The van der Waals surface area contributed by atoms with E-state index < -0.39 is 30.6 Å². The maximum absolute atomic E-state index is 9.63.